The molecule has 0 bridgehead atoms. The number of thiophene rings is 1. The molecular formula is C18H23N3O3S. The number of nitrogens with one attached hydrogen (secondary N) is 1. The molecule has 1 atom stereocenters. The molecule has 1 N–H and O–H groups in total. The Hall–Kier alpha value is -2.25. The molecule has 2 aromatic rings. The maximum Gasteiger partial charge on any atom is 0.269 e. The van der Waals surface area contributed by atoms with Gasteiger partial charge in [0.15, 0.2) is 0 Å². The first-order chi connectivity index (χ1) is 12.0. The lowest BCUT2D eigenvalue weighted by Crippen LogP contribution is -2.36. The average molecular weight is 361 g/mol. The number of nitro groups is 1. The van der Waals surface area contributed by atoms with E-state index in [9.17, 15) is 14.9 Å². The van der Waals surface area contributed by atoms with E-state index in [1.807, 2.05) is 0 Å². The Morgan fingerprint density at radius 1 is 1.32 bits per heavy atom. The highest BCUT2D eigenvalue weighted by Gasteiger charge is 2.12. The van der Waals surface area contributed by atoms with Gasteiger partial charge in [-0.1, -0.05) is 13.8 Å². The lowest BCUT2D eigenvalue weighted by Gasteiger charge is -2.24. The van der Waals surface area contributed by atoms with E-state index in [0.717, 1.165) is 19.6 Å². The lowest BCUT2D eigenvalue weighted by atomic mass is 10.0. The molecule has 7 heteroatoms. The molecule has 1 unspecified atom stereocenters. The van der Waals surface area contributed by atoms with E-state index in [4.69, 9.17) is 0 Å². The van der Waals surface area contributed by atoms with Crippen LogP contribution >= 0.6 is 11.3 Å². The van der Waals surface area contributed by atoms with Crippen molar-refractivity contribution in [3.63, 3.8) is 0 Å². The van der Waals surface area contributed by atoms with Gasteiger partial charge in [-0.15, -0.1) is 0 Å². The zero-order chi connectivity index (χ0) is 18.2. The van der Waals surface area contributed by atoms with Crippen molar-refractivity contribution in [3.05, 3.63) is 62.3 Å². The van der Waals surface area contributed by atoms with Crippen LogP contribution in [-0.2, 0) is 0 Å². The second-order valence-electron chi connectivity index (χ2n) is 5.91. The van der Waals surface area contributed by atoms with Gasteiger partial charge in [-0.3, -0.25) is 14.9 Å². The summed E-state index contributed by atoms with van der Waals surface area (Å²) in [5.74, 6) is 0.244. The van der Waals surface area contributed by atoms with Crippen molar-refractivity contribution >= 4 is 22.9 Å². The van der Waals surface area contributed by atoms with E-state index in [2.05, 4.69) is 40.9 Å². The maximum absolute atomic E-state index is 12.1. The third-order valence-electron chi connectivity index (χ3n) is 4.15. The smallest absolute Gasteiger partial charge is 0.269 e. The molecule has 0 aliphatic carbocycles. The number of benzene rings is 1. The van der Waals surface area contributed by atoms with E-state index in [0.29, 0.717) is 18.0 Å². The summed E-state index contributed by atoms with van der Waals surface area (Å²) in [5, 5.41) is 17.8. The highest BCUT2D eigenvalue weighted by molar-refractivity contribution is 7.07. The van der Waals surface area contributed by atoms with Crippen LogP contribution in [0.2, 0.25) is 0 Å². The fourth-order valence-corrected chi connectivity index (χ4v) is 3.37. The van der Waals surface area contributed by atoms with Crippen molar-refractivity contribution < 1.29 is 9.72 Å². The van der Waals surface area contributed by atoms with Gasteiger partial charge in [0.25, 0.3) is 11.6 Å². The van der Waals surface area contributed by atoms with Crippen LogP contribution in [0, 0.1) is 10.1 Å². The monoisotopic (exact) mass is 361 g/mol. The fourth-order valence-electron chi connectivity index (χ4n) is 2.59. The number of likely N-dealkylation sites (N-methyl/N-ethyl adjacent to an activating group) is 1. The van der Waals surface area contributed by atoms with Gasteiger partial charge in [-0.25, -0.2) is 0 Å². The fraction of sp³-hybridized carbons (Fsp3) is 0.389. The molecule has 6 nitrogen and oxygen atoms in total. The normalized spacial score (nSPS) is 12.1. The number of nitro benzene ring substituents is 1. The summed E-state index contributed by atoms with van der Waals surface area (Å²) in [5.41, 5.74) is 1.76. The van der Waals surface area contributed by atoms with Gasteiger partial charge in [-0.05, 0) is 47.0 Å². The molecule has 1 aromatic carbocycles. The maximum atomic E-state index is 12.1. The summed E-state index contributed by atoms with van der Waals surface area (Å²) in [7, 11) is 0. The Morgan fingerprint density at radius 2 is 2.04 bits per heavy atom. The minimum Gasteiger partial charge on any atom is -0.351 e. The highest BCUT2D eigenvalue weighted by Crippen LogP contribution is 2.19. The third-order valence-corrected chi connectivity index (χ3v) is 4.85. The van der Waals surface area contributed by atoms with Gasteiger partial charge in [0.05, 0.1) is 4.92 Å². The van der Waals surface area contributed by atoms with Crippen molar-refractivity contribution in [2.24, 2.45) is 0 Å². The Kier molecular flexibility index (Phi) is 7.09. The van der Waals surface area contributed by atoms with Gasteiger partial charge in [0.2, 0.25) is 0 Å². The van der Waals surface area contributed by atoms with Crippen molar-refractivity contribution in [2.75, 3.05) is 26.2 Å². The zero-order valence-electron chi connectivity index (χ0n) is 14.5. The molecule has 0 aliphatic heterocycles. The summed E-state index contributed by atoms with van der Waals surface area (Å²) >= 11 is 1.71. The average Bonchev–Trinajstić information content (AvgIpc) is 3.15. The molecule has 0 saturated carbocycles. The van der Waals surface area contributed by atoms with Crippen LogP contribution in [0.3, 0.4) is 0 Å². The first-order valence-corrected chi connectivity index (χ1v) is 9.22. The van der Waals surface area contributed by atoms with E-state index < -0.39 is 4.92 Å². The molecule has 1 heterocycles. The number of hydrogen-bond acceptors (Lipinski definition) is 5. The molecular weight excluding hydrogens is 338 g/mol. The number of carbonyl (C=O) groups excluding carboxylic acids is 1. The number of rotatable bonds is 9. The van der Waals surface area contributed by atoms with E-state index in [1.54, 1.807) is 11.3 Å². The SMILES string of the molecule is CCN(CCNC(=O)c1ccc([N+](=O)[O-])cc1)CC(C)c1ccsc1. The number of carbonyl (C=O) groups is 1. The van der Waals surface area contributed by atoms with Gasteiger partial charge < -0.3 is 10.2 Å². The predicted molar refractivity (Wildman–Crippen MR) is 100 cm³/mol. The number of hydrogen-bond donors (Lipinski definition) is 1. The van der Waals surface area contributed by atoms with Crippen molar-refractivity contribution in [1.82, 2.24) is 10.2 Å². The summed E-state index contributed by atoms with van der Waals surface area (Å²) < 4.78 is 0. The number of nitrogens with zero attached hydrogens (tertiary/aromatic N) is 2. The molecule has 0 spiro atoms. The van der Waals surface area contributed by atoms with Crippen LogP contribution in [-0.4, -0.2) is 41.9 Å². The second-order valence-corrected chi connectivity index (χ2v) is 6.69. The molecule has 1 aromatic heterocycles. The molecule has 0 saturated heterocycles. The van der Waals surface area contributed by atoms with E-state index >= 15 is 0 Å². The predicted octanol–water partition coefficient (Wildman–Crippen LogP) is 3.51. The van der Waals surface area contributed by atoms with Crippen molar-refractivity contribution in [2.45, 2.75) is 19.8 Å². The minimum atomic E-state index is -0.477. The lowest BCUT2D eigenvalue weighted by molar-refractivity contribution is -0.384. The highest BCUT2D eigenvalue weighted by atomic mass is 32.1. The summed E-state index contributed by atoms with van der Waals surface area (Å²) in [6.45, 7) is 7.49. The first-order valence-electron chi connectivity index (χ1n) is 8.28. The Balaban J connectivity index is 1.79. The van der Waals surface area contributed by atoms with Crippen LogP contribution in [0.5, 0.6) is 0 Å². The van der Waals surface area contributed by atoms with Gasteiger partial charge in [0.1, 0.15) is 0 Å². The van der Waals surface area contributed by atoms with E-state index in [1.165, 1.54) is 29.8 Å². The Morgan fingerprint density at radius 3 is 2.60 bits per heavy atom. The van der Waals surface area contributed by atoms with Crippen LogP contribution in [0.1, 0.15) is 35.7 Å². The number of non-ortho nitro benzene ring substituents is 1. The first kappa shape index (κ1) is 19.1. The molecule has 2 rings (SSSR count). The van der Waals surface area contributed by atoms with Crippen LogP contribution in [0.15, 0.2) is 41.1 Å². The zero-order valence-corrected chi connectivity index (χ0v) is 15.3. The van der Waals surface area contributed by atoms with Crippen LogP contribution in [0.4, 0.5) is 5.69 Å². The Labute approximate surface area is 151 Å². The minimum absolute atomic E-state index is 0.0175. The molecule has 134 valence electrons. The summed E-state index contributed by atoms with van der Waals surface area (Å²) in [4.78, 5) is 24.6. The largest absolute Gasteiger partial charge is 0.351 e. The summed E-state index contributed by atoms with van der Waals surface area (Å²) in [6.07, 6.45) is 0. The van der Waals surface area contributed by atoms with Crippen LogP contribution < -0.4 is 5.32 Å². The van der Waals surface area contributed by atoms with Crippen molar-refractivity contribution in [1.29, 1.82) is 0 Å². The quantitative estimate of drug-likeness (QED) is 0.548. The molecule has 0 fully saturated rings. The van der Waals surface area contributed by atoms with Gasteiger partial charge >= 0.3 is 0 Å². The molecule has 25 heavy (non-hydrogen) atoms. The molecule has 0 aliphatic rings. The molecule has 1 amide bonds. The van der Waals surface area contributed by atoms with Crippen LogP contribution in [0.25, 0.3) is 0 Å². The topological polar surface area (TPSA) is 75.5 Å². The van der Waals surface area contributed by atoms with E-state index in [-0.39, 0.29) is 11.6 Å². The Bertz CT molecular complexity index is 686. The molecule has 0 radical (unpaired) electrons. The van der Waals surface area contributed by atoms with Gasteiger partial charge in [0, 0.05) is 37.3 Å². The third kappa shape index (κ3) is 5.65. The van der Waals surface area contributed by atoms with Gasteiger partial charge in [-0.2, -0.15) is 11.3 Å². The van der Waals surface area contributed by atoms with Crippen molar-refractivity contribution in [3.8, 4) is 0 Å². The standard InChI is InChI=1S/C18H23N3O3S/c1-3-20(12-14(2)16-8-11-25-13-16)10-9-19-18(22)15-4-6-17(7-5-15)21(23)24/h4-8,11,13-14H,3,9-10,12H2,1-2H3,(H,19,22). The summed E-state index contributed by atoms with van der Waals surface area (Å²) in [6, 6.07) is 7.79. The number of amides is 1. The second kappa shape index (κ2) is 9.29.